The topological polar surface area (TPSA) is 96.2 Å². The predicted molar refractivity (Wildman–Crippen MR) is 85.7 cm³/mol. The maximum atomic E-state index is 12.7. The second-order valence-electron chi connectivity index (χ2n) is 5.53. The number of sulfonamides is 1. The zero-order valence-electron chi connectivity index (χ0n) is 13.1. The summed E-state index contributed by atoms with van der Waals surface area (Å²) in [5.74, 6) is 0.139. The summed E-state index contributed by atoms with van der Waals surface area (Å²) in [6.45, 7) is 2.49. The van der Waals surface area contributed by atoms with E-state index in [0.717, 1.165) is 5.56 Å². The van der Waals surface area contributed by atoms with E-state index in [1.165, 1.54) is 16.7 Å². The molecule has 24 heavy (non-hydrogen) atoms. The van der Waals surface area contributed by atoms with Crippen LogP contribution in [0.25, 0.3) is 0 Å². The van der Waals surface area contributed by atoms with Crippen molar-refractivity contribution in [3.05, 3.63) is 47.9 Å². The summed E-state index contributed by atoms with van der Waals surface area (Å²) in [6, 6.07) is 8.67. The largest absolute Gasteiger partial charge is 0.471 e. The van der Waals surface area contributed by atoms with Gasteiger partial charge in [0.1, 0.15) is 12.2 Å². The molecule has 2 heterocycles. The fraction of sp³-hybridized carbons (Fsp3) is 0.312. The Morgan fingerprint density at radius 2 is 1.96 bits per heavy atom. The van der Waals surface area contributed by atoms with Crippen LogP contribution in [0.15, 0.2) is 41.6 Å². The summed E-state index contributed by atoms with van der Waals surface area (Å²) in [5.41, 5.74) is 1.10. The number of nitrogens with zero attached hydrogens (tertiary/aromatic N) is 4. The highest BCUT2D eigenvalue weighted by Gasteiger charge is 2.34. The van der Waals surface area contributed by atoms with E-state index in [2.05, 4.69) is 9.97 Å². The molecule has 1 unspecified atom stereocenters. The Hall–Kier alpha value is -2.50. The molecule has 1 aliphatic rings. The van der Waals surface area contributed by atoms with Crippen LogP contribution in [-0.4, -0.2) is 41.9 Å². The molecule has 0 aliphatic carbocycles. The molecule has 0 N–H and O–H groups in total. The number of nitriles is 1. The maximum absolute atomic E-state index is 12.7. The highest BCUT2D eigenvalue weighted by Crippen LogP contribution is 2.24. The van der Waals surface area contributed by atoms with Gasteiger partial charge in [0.15, 0.2) is 0 Å². The number of hydrogen-bond acceptors (Lipinski definition) is 6. The van der Waals surface area contributed by atoms with Crippen molar-refractivity contribution in [2.24, 2.45) is 0 Å². The van der Waals surface area contributed by atoms with E-state index in [0.29, 0.717) is 13.0 Å². The molecule has 0 bridgehead atoms. The maximum Gasteiger partial charge on any atom is 0.251 e. The van der Waals surface area contributed by atoms with Crippen LogP contribution in [-0.2, 0) is 10.0 Å². The van der Waals surface area contributed by atoms with Crippen LogP contribution in [0.2, 0.25) is 0 Å². The zero-order valence-corrected chi connectivity index (χ0v) is 13.9. The smallest absolute Gasteiger partial charge is 0.251 e. The lowest BCUT2D eigenvalue weighted by molar-refractivity contribution is 0.205. The SMILES string of the molecule is Cc1ccc(S(=O)(=O)N2CCC(Oc3nccnc3C#N)C2)cc1. The van der Waals surface area contributed by atoms with Gasteiger partial charge in [0, 0.05) is 18.9 Å². The van der Waals surface area contributed by atoms with E-state index < -0.39 is 10.0 Å². The summed E-state index contributed by atoms with van der Waals surface area (Å²) in [4.78, 5) is 8.14. The average Bonchev–Trinajstić information content (AvgIpc) is 3.05. The molecule has 8 heteroatoms. The second kappa shape index (κ2) is 6.55. The number of benzene rings is 1. The molecule has 0 spiro atoms. The van der Waals surface area contributed by atoms with Crippen LogP contribution >= 0.6 is 0 Å². The molecule has 0 saturated carbocycles. The monoisotopic (exact) mass is 344 g/mol. The predicted octanol–water partition coefficient (Wildman–Crippen LogP) is 1.50. The van der Waals surface area contributed by atoms with Crippen molar-refractivity contribution >= 4 is 10.0 Å². The van der Waals surface area contributed by atoms with Gasteiger partial charge in [-0.05, 0) is 25.5 Å². The van der Waals surface area contributed by atoms with Crippen LogP contribution in [0.1, 0.15) is 17.7 Å². The van der Waals surface area contributed by atoms with Crippen molar-refractivity contribution in [2.45, 2.75) is 24.3 Å². The molecular formula is C16H16N4O3S. The third-order valence-electron chi connectivity index (χ3n) is 3.82. The fourth-order valence-corrected chi connectivity index (χ4v) is 4.00. The van der Waals surface area contributed by atoms with E-state index in [9.17, 15) is 8.42 Å². The van der Waals surface area contributed by atoms with Gasteiger partial charge in [-0.3, -0.25) is 0 Å². The van der Waals surface area contributed by atoms with Crippen molar-refractivity contribution in [2.75, 3.05) is 13.1 Å². The summed E-state index contributed by atoms with van der Waals surface area (Å²) in [5, 5.41) is 9.01. The normalized spacial score (nSPS) is 18.2. The molecule has 1 aromatic carbocycles. The number of rotatable bonds is 4. The first-order chi connectivity index (χ1) is 11.5. The van der Waals surface area contributed by atoms with Crippen molar-refractivity contribution in [3.8, 4) is 11.9 Å². The Morgan fingerprint density at radius 3 is 2.67 bits per heavy atom. The van der Waals surface area contributed by atoms with Gasteiger partial charge in [-0.15, -0.1) is 0 Å². The lowest BCUT2D eigenvalue weighted by Crippen LogP contribution is -2.31. The standard InChI is InChI=1S/C16H16N4O3S/c1-12-2-4-14(5-3-12)24(21,22)20-9-6-13(11-20)23-16-15(10-17)18-7-8-19-16/h2-5,7-8,13H,6,9,11H2,1H3. The van der Waals surface area contributed by atoms with Gasteiger partial charge in [-0.1, -0.05) is 17.7 Å². The first-order valence-corrected chi connectivity index (χ1v) is 8.89. The molecule has 3 rings (SSSR count). The van der Waals surface area contributed by atoms with Crippen LogP contribution in [0.5, 0.6) is 5.88 Å². The Labute approximate surface area is 140 Å². The van der Waals surface area contributed by atoms with Crippen molar-refractivity contribution in [1.82, 2.24) is 14.3 Å². The van der Waals surface area contributed by atoms with E-state index in [1.54, 1.807) is 24.3 Å². The van der Waals surface area contributed by atoms with Crippen LogP contribution in [0.3, 0.4) is 0 Å². The second-order valence-corrected chi connectivity index (χ2v) is 7.46. The Balaban J connectivity index is 1.73. The van der Waals surface area contributed by atoms with Crippen molar-refractivity contribution < 1.29 is 13.2 Å². The number of hydrogen-bond donors (Lipinski definition) is 0. The van der Waals surface area contributed by atoms with Crippen LogP contribution < -0.4 is 4.74 Å². The van der Waals surface area contributed by atoms with Crippen LogP contribution in [0, 0.1) is 18.3 Å². The minimum Gasteiger partial charge on any atom is -0.471 e. The Bertz CT molecular complexity index is 875. The van der Waals surface area contributed by atoms with Gasteiger partial charge in [-0.2, -0.15) is 9.57 Å². The quantitative estimate of drug-likeness (QED) is 0.834. The third-order valence-corrected chi connectivity index (χ3v) is 5.69. The summed E-state index contributed by atoms with van der Waals surface area (Å²) < 4.78 is 32.4. The minimum atomic E-state index is -3.54. The number of ether oxygens (including phenoxy) is 1. The third kappa shape index (κ3) is 3.22. The van der Waals surface area contributed by atoms with Crippen molar-refractivity contribution in [1.29, 1.82) is 5.26 Å². The lowest BCUT2D eigenvalue weighted by Gasteiger charge is -2.17. The zero-order chi connectivity index (χ0) is 17.2. The summed E-state index contributed by atoms with van der Waals surface area (Å²) in [7, 11) is -3.54. The van der Waals surface area contributed by atoms with Gasteiger partial charge in [0.05, 0.1) is 11.4 Å². The number of aromatic nitrogens is 2. The van der Waals surface area contributed by atoms with E-state index >= 15 is 0 Å². The fourth-order valence-electron chi connectivity index (χ4n) is 2.52. The first-order valence-electron chi connectivity index (χ1n) is 7.45. The summed E-state index contributed by atoms with van der Waals surface area (Å²) >= 11 is 0. The Morgan fingerprint density at radius 1 is 1.25 bits per heavy atom. The van der Waals surface area contributed by atoms with E-state index in [-0.39, 0.29) is 29.1 Å². The van der Waals surface area contributed by atoms with E-state index in [4.69, 9.17) is 10.00 Å². The molecule has 0 radical (unpaired) electrons. The van der Waals surface area contributed by atoms with Gasteiger partial charge >= 0.3 is 0 Å². The molecule has 1 aliphatic heterocycles. The lowest BCUT2D eigenvalue weighted by atomic mass is 10.2. The molecule has 2 aromatic rings. The Kier molecular flexibility index (Phi) is 4.46. The first kappa shape index (κ1) is 16.4. The minimum absolute atomic E-state index is 0.0948. The van der Waals surface area contributed by atoms with Gasteiger partial charge in [-0.25, -0.2) is 18.4 Å². The molecule has 0 amide bonds. The highest BCUT2D eigenvalue weighted by atomic mass is 32.2. The highest BCUT2D eigenvalue weighted by molar-refractivity contribution is 7.89. The van der Waals surface area contributed by atoms with E-state index in [1.807, 2.05) is 13.0 Å². The van der Waals surface area contributed by atoms with Gasteiger partial charge in [0.25, 0.3) is 5.88 Å². The molecule has 7 nitrogen and oxygen atoms in total. The average molecular weight is 344 g/mol. The molecule has 1 atom stereocenters. The van der Waals surface area contributed by atoms with Crippen molar-refractivity contribution in [3.63, 3.8) is 0 Å². The van der Waals surface area contributed by atoms with Gasteiger partial charge < -0.3 is 4.74 Å². The van der Waals surface area contributed by atoms with Crippen LogP contribution in [0.4, 0.5) is 0 Å². The molecular weight excluding hydrogens is 328 g/mol. The molecule has 1 fully saturated rings. The van der Waals surface area contributed by atoms with Gasteiger partial charge in [0.2, 0.25) is 15.7 Å². The summed E-state index contributed by atoms with van der Waals surface area (Å²) in [6.07, 6.45) is 3.03. The number of aryl methyl sites for hydroxylation is 1. The molecule has 1 saturated heterocycles. The molecule has 1 aromatic heterocycles. The molecule has 124 valence electrons.